The maximum Gasteiger partial charge on any atom is 0.156 e. The normalized spacial score (nSPS) is 12.1. The van der Waals surface area contributed by atoms with Gasteiger partial charge in [0.05, 0.1) is 21.7 Å². The summed E-state index contributed by atoms with van der Waals surface area (Å²) >= 11 is 0. The molecule has 0 bridgehead atoms. The van der Waals surface area contributed by atoms with Crippen molar-refractivity contribution in [1.29, 1.82) is 0 Å². The van der Waals surface area contributed by atoms with Crippen LogP contribution >= 0.6 is 0 Å². The maximum atomic E-state index is 13.5. The Morgan fingerprint density at radius 3 is 2.08 bits per heavy atom. The van der Waals surface area contributed by atoms with Crippen molar-refractivity contribution in [3.8, 4) is 33.6 Å². The first kappa shape index (κ1) is 23.8. The van der Waals surface area contributed by atoms with Crippen molar-refractivity contribution in [1.82, 2.24) is 15.0 Å². The molecule has 0 saturated carbocycles. The average Bonchev–Trinajstić information content (AvgIpc) is 2.88. The number of hydrogen-bond acceptors (Lipinski definition) is 5. The summed E-state index contributed by atoms with van der Waals surface area (Å²) in [7, 11) is -3.38. The first-order chi connectivity index (χ1) is 17.1. The first-order valence-corrected chi connectivity index (χ1v) is 13.3. The molecule has 3 aromatic carbocycles. The van der Waals surface area contributed by atoms with Crippen molar-refractivity contribution in [2.45, 2.75) is 18.6 Å². The molecule has 0 radical (unpaired) electrons. The zero-order chi connectivity index (χ0) is 25.5. The zero-order valence-electron chi connectivity index (χ0n) is 20.1. The Bertz CT molecular complexity index is 1700. The third-order valence-corrected chi connectivity index (χ3v) is 8.68. The van der Waals surface area contributed by atoms with E-state index in [-0.39, 0.29) is 5.82 Å². The summed E-state index contributed by atoms with van der Waals surface area (Å²) in [6, 6.07) is 21.6. The average molecular weight is 498 g/mol. The van der Waals surface area contributed by atoms with Crippen LogP contribution in [0.15, 0.2) is 91.4 Å². The smallest absolute Gasteiger partial charge is 0.156 e. The molecule has 0 spiro atoms. The number of aromatic nitrogens is 3. The fourth-order valence-corrected chi connectivity index (χ4v) is 4.72. The van der Waals surface area contributed by atoms with E-state index in [1.807, 2.05) is 48.5 Å². The minimum Gasteiger partial charge on any atom is -0.256 e. The van der Waals surface area contributed by atoms with Crippen molar-refractivity contribution in [3.63, 3.8) is 0 Å². The van der Waals surface area contributed by atoms with Gasteiger partial charge in [0.1, 0.15) is 5.82 Å². The Hall–Kier alpha value is -3.97. The van der Waals surface area contributed by atoms with Gasteiger partial charge in [-0.15, -0.1) is 0 Å². The van der Waals surface area contributed by atoms with Crippen LogP contribution in [0.4, 0.5) is 4.39 Å². The molecule has 0 saturated heterocycles. The number of nitrogens with zero attached hydrogens (tertiary/aromatic N) is 3. The van der Waals surface area contributed by atoms with E-state index in [1.54, 1.807) is 44.6 Å². The minimum atomic E-state index is -3.38. The van der Waals surface area contributed by atoms with Gasteiger partial charge in [-0.25, -0.2) is 12.8 Å². The van der Waals surface area contributed by atoms with Gasteiger partial charge in [-0.05, 0) is 73.5 Å². The van der Waals surface area contributed by atoms with Gasteiger partial charge in [0.15, 0.2) is 9.84 Å². The topological polar surface area (TPSA) is 72.8 Å². The largest absolute Gasteiger partial charge is 0.256 e. The molecule has 2 heterocycles. The Morgan fingerprint density at radius 2 is 1.39 bits per heavy atom. The molecule has 5 rings (SSSR count). The summed E-state index contributed by atoms with van der Waals surface area (Å²) < 4.78 is 37.7. The Balaban J connectivity index is 1.70. The lowest BCUT2D eigenvalue weighted by atomic mass is 9.92. The third kappa shape index (κ3) is 4.27. The SMILES string of the molecule is CC(C)(c1cc(-c2cccc(-c3nccnc3-c3ccc(F)cc3)c2)c2ncccc2c1)S(C)(=O)=O. The number of hydrogen-bond donors (Lipinski definition) is 0. The molecule has 0 aliphatic heterocycles. The molecular formula is C29H24FN3O2S. The summed E-state index contributed by atoms with van der Waals surface area (Å²) in [5.74, 6) is -0.317. The second kappa shape index (κ2) is 8.91. The Labute approximate surface area is 209 Å². The maximum absolute atomic E-state index is 13.5. The molecule has 0 amide bonds. The number of benzene rings is 3. The highest BCUT2D eigenvalue weighted by Gasteiger charge is 2.33. The van der Waals surface area contributed by atoms with Gasteiger partial charge in [-0.2, -0.15) is 0 Å². The van der Waals surface area contributed by atoms with E-state index < -0.39 is 14.6 Å². The van der Waals surface area contributed by atoms with E-state index in [0.717, 1.165) is 33.2 Å². The number of fused-ring (bicyclic) bond motifs is 1. The lowest BCUT2D eigenvalue weighted by Crippen LogP contribution is -2.28. The van der Waals surface area contributed by atoms with E-state index in [0.29, 0.717) is 17.0 Å². The molecular weight excluding hydrogens is 473 g/mol. The van der Waals surface area contributed by atoms with Crippen LogP contribution in [0.3, 0.4) is 0 Å². The van der Waals surface area contributed by atoms with Crippen molar-refractivity contribution in [3.05, 3.63) is 103 Å². The first-order valence-electron chi connectivity index (χ1n) is 11.4. The predicted molar refractivity (Wildman–Crippen MR) is 141 cm³/mol. The fourth-order valence-electron chi connectivity index (χ4n) is 4.18. The van der Waals surface area contributed by atoms with E-state index in [1.165, 1.54) is 18.4 Å². The second-order valence-corrected chi connectivity index (χ2v) is 11.8. The number of halogens is 1. The molecule has 0 unspecified atom stereocenters. The Morgan fingerprint density at radius 1 is 0.722 bits per heavy atom. The summed E-state index contributed by atoms with van der Waals surface area (Å²) in [6.07, 6.45) is 6.22. The minimum absolute atomic E-state index is 0.317. The molecule has 0 fully saturated rings. The fraction of sp³-hybridized carbons (Fsp3) is 0.138. The summed E-state index contributed by atoms with van der Waals surface area (Å²) in [6.45, 7) is 3.43. The number of sulfone groups is 1. The van der Waals surface area contributed by atoms with Gasteiger partial charge in [0.2, 0.25) is 0 Å². The highest BCUT2D eigenvalue weighted by atomic mass is 32.2. The van der Waals surface area contributed by atoms with Crippen LogP contribution in [0, 0.1) is 5.82 Å². The van der Waals surface area contributed by atoms with Gasteiger partial charge >= 0.3 is 0 Å². The van der Waals surface area contributed by atoms with Crippen LogP contribution in [0.25, 0.3) is 44.5 Å². The van der Waals surface area contributed by atoms with Crippen molar-refractivity contribution in [2.24, 2.45) is 0 Å². The molecule has 0 aliphatic rings. The number of rotatable bonds is 5. The molecule has 7 heteroatoms. The molecule has 0 N–H and O–H groups in total. The summed E-state index contributed by atoms with van der Waals surface area (Å²) in [5.41, 5.74) is 6.07. The van der Waals surface area contributed by atoms with E-state index in [4.69, 9.17) is 0 Å². The molecule has 2 aromatic heterocycles. The summed E-state index contributed by atoms with van der Waals surface area (Å²) in [4.78, 5) is 13.7. The molecule has 0 aliphatic carbocycles. The lowest BCUT2D eigenvalue weighted by molar-refractivity contribution is 0.561. The van der Waals surface area contributed by atoms with Gasteiger partial charge in [-0.1, -0.05) is 24.3 Å². The van der Waals surface area contributed by atoms with Crippen molar-refractivity contribution >= 4 is 20.7 Å². The quantitative estimate of drug-likeness (QED) is 0.279. The van der Waals surface area contributed by atoms with Crippen molar-refractivity contribution in [2.75, 3.05) is 6.26 Å². The van der Waals surface area contributed by atoms with Crippen LogP contribution in [0.1, 0.15) is 19.4 Å². The summed E-state index contributed by atoms with van der Waals surface area (Å²) in [5, 5.41) is 0.860. The van der Waals surface area contributed by atoms with Crippen molar-refractivity contribution < 1.29 is 12.8 Å². The number of pyridine rings is 1. The second-order valence-electron chi connectivity index (χ2n) is 9.22. The molecule has 5 nitrogen and oxygen atoms in total. The van der Waals surface area contributed by atoms with E-state index in [9.17, 15) is 12.8 Å². The lowest BCUT2D eigenvalue weighted by Gasteiger charge is -2.24. The Kier molecular flexibility index (Phi) is 5.88. The zero-order valence-corrected chi connectivity index (χ0v) is 20.9. The standard InChI is InChI=1S/C29H24FN3O2S/c1-29(2,36(3,34)35)23-17-22-8-5-13-31-26(22)25(18-23)20-6-4-7-21(16-20)28-27(32-14-15-33-28)19-9-11-24(30)12-10-19/h4-18H,1-3H3. The van der Waals surface area contributed by atoms with Crippen LogP contribution in [-0.4, -0.2) is 29.6 Å². The monoisotopic (exact) mass is 497 g/mol. The molecule has 0 atom stereocenters. The predicted octanol–water partition coefficient (Wildman–Crippen LogP) is 6.44. The highest BCUT2D eigenvalue weighted by molar-refractivity contribution is 7.91. The molecule has 180 valence electrons. The van der Waals surface area contributed by atoms with E-state index >= 15 is 0 Å². The highest BCUT2D eigenvalue weighted by Crippen LogP contribution is 2.38. The van der Waals surface area contributed by atoms with E-state index in [2.05, 4.69) is 15.0 Å². The van der Waals surface area contributed by atoms with Gasteiger partial charge in [-0.3, -0.25) is 15.0 Å². The van der Waals surface area contributed by atoms with Gasteiger partial charge in [0.25, 0.3) is 0 Å². The van der Waals surface area contributed by atoms with Crippen LogP contribution < -0.4 is 0 Å². The van der Waals surface area contributed by atoms with Crippen LogP contribution in [-0.2, 0) is 14.6 Å². The molecule has 36 heavy (non-hydrogen) atoms. The van der Waals surface area contributed by atoms with Gasteiger partial charge in [0, 0.05) is 46.9 Å². The van der Waals surface area contributed by atoms with Crippen LogP contribution in [0.5, 0.6) is 0 Å². The van der Waals surface area contributed by atoms with Crippen LogP contribution in [0.2, 0.25) is 0 Å². The third-order valence-electron chi connectivity index (χ3n) is 6.59. The molecule has 5 aromatic rings. The van der Waals surface area contributed by atoms with Gasteiger partial charge < -0.3 is 0 Å².